The number of ether oxygens (including phenoxy) is 1. The number of rotatable bonds is 3. The summed E-state index contributed by atoms with van der Waals surface area (Å²) in [7, 11) is 1.58. The molecule has 0 unspecified atom stereocenters. The Kier molecular flexibility index (Phi) is 5.26. The minimum absolute atomic E-state index is 0.0152. The molecule has 2 amide bonds. The number of hydrogen-bond acceptors (Lipinski definition) is 3. The van der Waals surface area contributed by atoms with Crippen LogP contribution in [0, 0.1) is 13.8 Å². The molecule has 2 aromatic carbocycles. The third-order valence-electron chi connectivity index (χ3n) is 4.92. The molecule has 2 aromatic rings. The zero-order valence-corrected chi connectivity index (χ0v) is 15.5. The molecule has 3 rings (SSSR count). The van der Waals surface area contributed by atoms with E-state index in [1.165, 1.54) is 0 Å². The Bertz CT molecular complexity index is 810. The van der Waals surface area contributed by atoms with Crippen molar-refractivity contribution in [3.05, 3.63) is 64.7 Å². The van der Waals surface area contributed by atoms with Gasteiger partial charge < -0.3 is 14.5 Å². The predicted octanol–water partition coefficient (Wildman–Crippen LogP) is 2.91. The molecule has 0 aliphatic carbocycles. The minimum Gasteiger partial charge on any atom is -0.496 e. The highest BCUT2D eigenvalue weighted by molar-refractivity contribution is 5.98. The fourth-order valence-corrected chi connectivity index (χ4v) is 3.17. The van der Waals surface area contributed by atoms with Crippen LogP contribution in [0.2, 0.25) is 0 Å². The monoisotopic (exact) mass is 352 g/mol. The maximum absolute atomic E-state index is 12.9. The van der Waals surface area contributed by atoms with Crippen LogP contribution >= 0.6 is 0 Å². The van der Waals surface area contributed by atoms with Gasteiger partial charge in [-0.2, -0.15) is 0 Å². The number of methoxy groups -OCH3 is 1. The zero-order chi connectivity index (χ0) is 18.7. The van der Waals surface area contributed by atoms with Crippen molar-refractivity contribution in [1.29, 1.82) is 0 Å². The predicted molar refractivity (Wildman–Crippen MR) is 101 cm³/mol. The van der Waals surface area contributed by atoms with E-state index in [4.69, 9.17) is 4.74 Å². The standard InChI is InChI=1S/C21H24N2O3/c1-15-13-18(19(26-3)14-16(15)2)21(25)23-11-9-22(10-12-23)20(24)17-7-5-4-6-8-17/h4-8,13-14H,9-12H2,1-3H3. The highest BCUT2D eigenvalue weighted by Gasteiger charge is 2.27. The molecule has 1 saturated heterocycles. The zero-order valence-electron chi connectivity index (χ0n) is 15.5. The summed E-state index contributed by atoms with van der Waals surface area (Å²) in [6, 6.07) is 13.0. The van der Waals surface area contributed by atoms with Crippen molar-refractivity contribution in [3.8, 4) is 5.75 Å². The van der Waals surface area contributed by atoms with Crippen molar-refractivity contribution in [2.45, 2.75) is 13.8 Å². The van der Waals surface area contributed by atoms with Crippen LogP contribution in [0.3, 0.4) is 0 Å². The fourth-order valence-electron chi connectivity index (χ4n) is 3.17. The lowest BCUT2D eigenvalue weighted by Crippen LogP contribution is -2.50. The van der Waals surface area contributed by atoms with Gasteiger partial charge >= 0.3 is 0 Å². The molecule has 1 fully saturated rings. The molecule has 136 valence electrons. The SMILES string of the molecule is COc1cc(C)c(C)cc1C(=O)N1CCN(C(=O)c2ccccc2)CC1. The molecule has 1 aliphatic heterocycles. The summed E-state index contributed by atoms with van der Waals surface area (Å²) >= 11 is 0. The molecule has 0 aromatic heterocycles. The number of carbonyl (C=O) groups excluding carboxylic acids is 2. The van der Waals surface area contributed by atoms with Crippen LogP contribution in [-0.4, -0.2) is 54.9 Å². The van der Waals surface area contributed by atoms with Gasteiger partial charge in [0, 0.05) is 31.7 Å². The molecule has 0 N–H and O–H groups in total. The second-order valence-corrected chi connectivity index (χ2v) is 6.59. The van der Waals surface area contributed by atoms with Gasteiger partial charge in [0.25, 0.3) is 11.8 Å². The average molecular weight is 352 g/mol. The molecule has 0 atom stereocenters. The van der Waals surface area contributed by atoms with Gasteiger partial charge in [-0.15, -0.1) is 0 Å². The highest BCUT2D eigenvalue weighted by atomic mass is 16.5. The smallest absolute Gasteiger partial charge is 0.257 e. The first-order chi connectivity index (χ1) is 12.5. The highest BCUT2D eigenvalue weighted by Crippen LogP contribution is 2.25. The van der Waals surface area contributed by atoms with Gasteiger partial charge in [0.2, 0.25) is 0 Å². The molecule has 1 aliphatic rings. The van der Waals surface area contributed by atoms with Gasteiger partial charge in [-0.25, -0.2) is 0 Å². The number of amides is 2. The molecule has 26 heavy (non-hydrogen) atoms. The lowest BCUT2D eigenvalue weighted by molar-refractivity contribution is 0.0533. The van der Waals surface area contributed by atoms with E-state index >= 15 is 0 Å². The van der Waals surface area contributed by atoms with Gasteiger partial charge in [0.1, 0.15) is 5.75 Å². The van der Waals surface area contributed by atoms with E-state index in [-0.39, 0.29) is 11.8 Å². The van der Waals surface area contributed by atoms with Crippen LogP contribution in [0.1, 0.15) is 31.8 Å². The number of carbonyl (C=O) groups is 2. The Labute approximate surface area is 154 Å². The van der Waals surface area contributed by atoms with Crippen LogP contribution in [0.5, 0.6) is 5.75 Å². The first-order valence-electron chi connectivity index (χ1n) is 8.80. The van der Waals surface area contributed by atoms with Crippen LogP contribution < -0.4 is 4.74 Å². The van der Waals surface area contributed by atoms with E-state index in [1.807, 2.05) is 56.3 Å². The Morgan fingerprint density at radius 2 is 1.38 bits per heavy atom. The first-order valence-corrected chi connectivity index (χ1v) is 8.80. The number of piperazine rings is 1. The van der Waals surface area contributed by atoms with E-state index in [9.17, 15) is 9.59 Å². The Morgan fingerprint density at radius 3 is 1.96 bits per heavy atom. The van der Waals surface area contributed by atoms with Gasteiger partial charge in [-0.3, -0.25) is 9.59 Å². The maximum Gasteiger partial charge on any atom is 0.257 e. The fraction of sp³-hybridized carbons (Fsp3) is 0.333. The molecule has 1 heterocycles. The summed E-state index contributed by atoms with van der Waals surface area (Å²) in [5.74, 6) is 0.569. The van der Waals surface area contributed by atoms with E-state index in [1.54, 1.807) is 16.9 Å². The summed E-state index contributed by atoms with van der Waals surface area (Å²) in [5, 5.41) is 0. The quantitative estimate of drug-likeness (QED) is 0.853. The van der Waals surface area contributed by atoms with Gasteiger partial charge in [0.05, 0.1) is 12.7 Å². The number of hydrogen-bond donors (Lipinski definition) is 0. The van der Waals surface area contributed by atoms with E-state index in [0.717, 1.165) is 11.1 Å². The molecule has 0 radical (unpaired) electrons. The first kappa shape index (κ1) is 18.0. The van der Waals surface area contributed by atoms with Crippen LogP contribution in [0.15, 0.2) is 42.5 Å². The molecular weight excluding hydrogens is 328 g/mol. The van der Waals surface area contributed by atoms with Crippen molar-refractivity contribution in [2.75, 3.05) is 33.3 Å². The van der Waals surface area contributed by atoms with Crippen molar-refractivity contribution < 1.29 is 14.3 Å². The van der Waals surface area contributed by atoms with Crippen LogP contribution in [0.25, 0.3) is 0 Å². The molecule has 0 saturated carbocycles. The topological polar surface area (TPSA) is 49.9 Å². The Morgan fingerprint density at radius 1 is 0.846 bits per heavy atom. The summed E-state index contributed by atoms with van der Waals surface area (Å²) in [6.07, 6.45) is 0. The average Bonchev–Trinajstić information content (AvgIpc) is 2.69. The Balaban J connectivity index is 1.69. The third kappa shape index (κ3) is 3.57. The normalized spacial score (nSPS) is 14.3. The number of benzene rings is 2. The van der Waals surface area contributed by atoms with Crippen molar-refractivity contribution >= 4 is 11.8 Å². The second-order valence-electron chi connectivity index (χ2n) is 6.59. The molecular formula is C21H24N2O3. The van der Waals surface area contributed by atoms with E-state index in [2.05, 4.69) is 0 Å². The molecule has 0 bridgehead atoms. The molecule has 5 nitrogen and oxygen atoms in total. The summed E-state index contributed by atoms with van der Waals surface area (Å²) in [5.41, 5.74) is 3.42. The molecule has 5 heteroatoms. The van der Waals surface area contributed by atoms with Crippen molar-refractivity contribution in [3.63, 3.8) is 0 Å². The summed E-state index contributed by atoms with van der Waals surface area (Å²) in [4.78, 5) is 29.1. The lowest BCUT2D eigenvalue weighted by Gasteiger charge is -2.35. The second kappa shape index (κ2) is 7.60. The number of aryl methyl sites for hydroxylation is 2. The third-order valence-corrected chi connectivity index (χ3v) is 4.92. The van der Waals surface area contributed by atoms with Crippen molar-refractivity contribution in [1.82, 2.24) is 9.80 Å². The lowest BCUT2D eigenvalue weighted by atomic mass is 10.0. The van der Waals surface area contributed by atoms with Gasteiger partial charge in [-0.1, -0.05) is 18.2 Å². The van der Waals surface area contributed by atoms with E-state index < -0.39 is 0 Å². The van der Waals surface area contributed by atoms with Crippen molar-refractivity contribution in [2.24, 2.45) is 0 Å². The minimum atomic E-state index is -0.0447. The van der Waals surface area contributed by atoms with Crippen LogP contribution in [0.4, 0.5) is 0 Å². The largest absolute Gasteiger partial charge is 0.496 e. The molecule has 0 spiro atoms. The van der Waals surface area contributed by atoms with E-state index in [0.29, 0.717) is 43.1 Å². The Hall–Kier alpha value is -2.82. The maximum atomic E-state index is 12.9. The van der Waals surface area contributed by atoms with Gasteiger partial charge in [-0.05, 0) is 49.2 Å². The summed E-state index contributed by atoms with van der Waals surface area (Å²) < 4.78 is 5.40. The van der Waals surface area contributed by atoms with Crippen LogP contribution in [-0.2, 0) is 0 Å². The van der Waals surface area contributed by atoms with Gasteiger partial charge in [0.15, 0.2) is 0 Å². The summed E-state index contributed by atoms with van der Waals surface area (Å²) in [6.45, 7) is 6.10. The number of nitrogens with zero attached hydrogens (tertiary/aromatic N) is 2.